The molecular formula is C9H8Cl2N2O2. The fourth-order valence-electron chi connectivity index (χ4n) is 0.804. The van der Waals surface area contributed by atoms with Crippen LogP contribution in [0.3, 0.4) is 0 Å². The zero-order valence-electron chi connectivity index (χ0n) is 7.82. The average molecular weight is 247 g/mol. The predicted molar refractivity (Wildman–Crippen MR) is 59.8 cm³/mol. The summed E-state index contributed by atoms with van der Waals surface area (Å²) in [5, 5.41) is 13.9. The minimum atomic E-state index is -1.14. The third-order valence-electron chi connectivity index (χ3n) is 1.61. The minimum absolute atomic E-state index is 0.421. The highest BCUT2D eigenvalue weighted by Crippen LogP contribution is 2.19. The van der Waals surface area contributed by atoms with Crippen LogP contribution in [0.5, 0.6) is 0 Å². The molecule has 1 aromatic rings. The quantitative estimate of drug-likeness (QED) is 0.645. The van der Waals surface area contributed by atoms with Crippen LogP contribution in [0.2, 0.25) is 10.0 Å². The van der Waals surface area contributed by atoms with Crippen molar-refractivity contribution >= 4 is 35.5 Å². The molecule has 0 fully saturated rings. The van der Waals surface area contributed by atoms with Crippen LogP contribution in [0.1, 0.15) is 5.56 Å². The van der Waals surface area contributed by atoms with Gasteiger partial charge in [-0.05, 0) is 12.1 Å². The van der Waals surface area contributed by atoms with Crippen molar-refractivity contribution in [3.8, 4) is 0 Å². The molecule has 4 nitrogen and oxygen atoms in total. The fraction of sp³-hybridized carbons (Fsp3) is 0.111. The standard InChI is InChI=1S/C9H8Cl2N2O2/c1-13(9(14)15)12-5-6-2-3-7(10)4-8(6)11/h2-5H,1H3,(H,14,15). The summed E-state index contributed by atoms with van der Waals surface area (Å²) in [5.41, 5.74) is 0.606. The van der Waals surface area contributed by atoms with Gasteiger partial charge in [-0.15, -0.1) is 0 Å². The summed E-state index contributed by atoms with van der Waals surface area (Å²) < 4.78 is 0. The van der Waals surface area contributed by atoms with Crippen LogP contribution in [-0.4, -0.2) is 29.5 Å². The van der Waals surface area contributed by atoms with Crippen molar-refractivity contribution in [2.75, 3.05) is 7.05 Å². The number of halogens is 2. The second kappa shape index (κ2) is 5.00. The monoisotopic (exact) mass is 246 g/mol. The van der Waals surface area contributed by atoms with Crippen LogP contribution in [-0.2, 0) is 0 Å². The minimum Gasteiger partial charge on any atom is -0.464 e. The van der Waals surface area contributed by atoms with E-state index in [9.17, 15) is 4.79 Å². The van der Waals surface area contributed by atoms with Gasteiger partial charge in [0.2, 0.25) is 0 Å². The van der Waals surface area contributed by atoms with Gasteiger partial charge in [-0.1, -0.05) is 29.3 Å². The molecule has 1 N–H and O–H groups in total. The van der Waals surface area contributed by atoms with Crippen molar-refractivity contribution in [2.45, 2.75) is 0 Å². The van der Waals surface area contributed by atoms with Gasteiger partial charge in [-0.2, -0.15) is 5.10 Å². The molecule has 1 amide bonds. The van der Waals surface area contributed by atoms with Crippen molar-refractivity contribution in [1.82, 2.24) is 5.01 Å². The lowest BCUT2D eigenvalue weighted by Crippen LogP contribution is -2.18. The summed E-state index contributed by atoms with van der Waals surface area (Å²) >= 11 is 11.5. The van der Waals surface area contributed by atoms with Crippen molar-refractivity contribution in [1.29, 1.82) is 0 Å². The smallest absolute Gasteiger partial charge is 0.427 e. The van der Waals surface area contributed by atoms with Crippen LogP contribution in [0.25, 0.3) is 0 Å². The Balaban J connectivity index is 2.85. The molecule has 0 radical (unpaired) electrons. The summed E-state index contributed by atoms with van der Waals surface area (Å²) in [4.78, 5) is 10.4. The number of nitrogens with zero attached hydrogens (tertiary/aromatic N) is 2. The molecule has 0 saturated heterocycles. The third-order valence-corrected chi connectivity index (χ3v) is 2.17. The first-order chi connectivity index (χ1) is 7.00. The Kier molecular flexibility index (Phi) is 3.94. The first-order valence-electron chi connectivity index (χ1n) is 3.96. The lowest BCUT2D eigenvalue weighted by Gasteiger charge is -2.04. The van der Waals surface area contributed by atoms with Gasteiger partial charge in [-0.3, -0.25) is 0 Å². The number of hydrazone groups is 1. The number of rotatable bonds is 2. The fourth-order valence-corrected chi connectivity index (χ4v) is 1.26. The molecule has 0 saturated carbocycles. The number of hydrogen-bond donors (Lipinski definition) is 1. The number of hydrogen-bond acceptors (Lipinski definition) is 2. The predicted octanol–water partition coefficient (Wildman–Crippen LogP) is 2.94. The molecule has 0 aliphatic rings. The van der Waals surface area contributed by atoms with E-state index < -0.39 is 6.09 Å². The Bertz CT molecular complexity index is 407. The molecule has 0 unspecified atom stereocenters. The highest BCUT2D eigenvalue weighted by Gasteiger charge is 2.02. The molecule has 1 aromatic carbocycles. The lowest BCUT2D eigenvalue weighted by atomic mass is 10.2. The average Bonchev–Trinajstić information content (AvgIpc) is 2.15. The summed E-state index contributed by atoms with van der Waals surface area (Å²) in [6.07, 6.45) is 0.212. The summed E-state index contributed by atoms with van der Waals surface area (Å²) in [7, 11) is 1.32. The van der Waals surface area contributed by atoms with Crippen molar-refractivity contribution in [3.63, 3.8) is 0 Å². The van der Waals surface area contributed by atoms with Gasteiger partial charge < -0.3 is 5.11 Å². The molecule has 0 atom stereocenters. The SMILES string of the molecule is CN(N=Cc1ccc(Cl)cc1Cl)C(=O)O. The lowest BCUT2D eigenvalue weighted by molar-refractivity contribution is 0.158. The van der Waals surface area contributed by atoms with Crippen LogP contribution >= 0.6 is 23.2 Å². The van der Waals surface area contributed by atoms with Gasteiger partial charge in [-0.25, -0.2) is 9.80 Å². The van der Waals surface area contributed by atoms with Gasteiger partial charge >= 0.3 is 6.09 Å². The van der Waals surface area contributed by atoms with Gasteiger partial charge in [0.15, 0.2) is 0 Å². The van der Waals surface area contributed by atoms with Gasteiger partial charge in [0.1, 0.15) is 0 Å². The summed E-state index contributed by atoms with van der Waals surface area (Å²) in [6, 6.07) is 4.87. The zero-order valence-corrected chi connectivity index (χ0v) is 9.33. The Hall–Kier alpha value is -1.26. The number of benzene rings is 1. The van der Waals surface area contributed by atoms with Crippen LogP contribution in [0.4, 0.5) is 4.79 Å². The molecule has 6 heteroatoms. The first kappa shape index (κ1) is 11.8. The normalized spacial score (nSPS) is 10.6. The van der Waals surface area contributed by atoms with E-state index >= 15 is 0 Å². The largest absolute Gasteiger partial charge is 0.464 e. The molecule has 15 heavy (non-hydrogen) atoms. The van der Waals surface area contributed by atoms with Gasteiger partial charge in [0.25, 0.3) is 0 Å². The van der Waals surface area contributed by atoms with Crippen LogP contribution in [0, 0.1) is 0 Å². The van der Waals surface area contributed by atoms with E-state index in [-0.39, 0.29) is 0 Å². The summed E-state index contributed by atoms with van der Waals surface area (Å²) in [5.74, 6) is 0. The second-order valence-electron chi connectivity index (χ2n) is 2.72. The van der Waals surface area contributed by atoms with Gasteiger partial charge in [0.05, 0.1) is 11.2 Å². The van der Waals surface area contributed by atoms with E-state index in [0.717, 1.165) is 5.01 Å². The van der Waals surface area contributed by atoms with Crippen molar-refractivity contribution < 1.29 is 9.90 Å². The van der Waals surface area contributed by atoms with Crippen molar-refractivity contribution in [3.05, 3.63) is 33.8 Å². The maximum atomic E-state index is 10.4. The van der Waals surface area contributed by atoms with Crippen LogP contribution in [0.15, 0.2) is 23.3 Å². The molecule has 0 aliphatic heterocycles. The maximum absolute atomic E-state index is 10.4. The molecular weight excluding hydrogens is 239 g/mol. The molecule has 0 aromatic heterocycles. The van der Waals surface area contributed by atoms with E-state index in [4.69, 9.17) is 28.3 Å². The van der Waals surface area contributed by atoms with E-state index in [0.29, 0.717) is 15.6 Å². The Morgan fingerprint density at radius 1 is 1.53 bits per heavy atom. The van der Waals surface area contributed by atoms with Crippen LogP contribution < -0.4 is 0 Å². The highest BCUT2D eigenvalue weighted by atomic mass is 35.5. The Labute approximate surface area is 96.7 Å². The van der Waals surface area contributed by atoms with E-state index in [2.05, 4.69) is 5.10 Å². The highest BCUT2D eigenvalue weighted by molar-refractivity contribution is 6.36. The van der Waals surface area contributed by atoms with E-state index in [1.807, 2.05) is 0 Å². The zero-order chi connectivity index (χ0) is 11.4. The third kappa shape index (κ3) is 3.42. The maximum Gasteiger partial charge on any atom is 0.427 e. The molecule has 80 valence electrons. The number of carboxylic acid groups (broad SMARTS) is 1. The van der Waals surface area contributed by atoms with E-state index in [1.54, 1.807) is 18.2 Å². The van der Waals surface area contributed by atoms with E-state index in [1.165, 1.54) is 13.3 Å². The summed E-state index contributed by atoms with van der Waals surface area (Å²) in [6.45, 7) is 0. The number of amides is 1. The number of carbonyl (C=O) groups is 1. The van der Waals surface area contributed by atoms with Gasteiger partial charge in [0, 0.05) is 17.6 Å². The molecule has 0 spiro atoms. The van der Waals surface area contributed by atoms with Crippen molar-refractivity contribution in [2.24, 2.45) is 5.10 Å². The topological polar surface area (TPSA) is 52.9 Å². The molecule has 0 bridgehead atoms. The Morgan fingerprint density at radius 3 is 2.73 bits per heavy atom. The molecule has 1 rings (SSSR count). The second-order valence-corrected chi connectivity index (χ2v) is 3.56. The molecule has 0 aliphatic carbocycles. The molecule has 0 heterocycles. The first-order valence-corrected chi connectivity index (χ1v) is 4.72. The Morgan fingerprint density at radius 2 is 2.20 bits per heavy atom.